The number of rotatable bonds is 5. The summed E-state index contributed by atoms with van der Waals surface area (Å²) in [5, 5.41) is 8.99. The minimum atomic E-state index is -0.671. The van der Waals surface area contributed by atoms with Gasteiger partial charge in [-0.2, -0.15) is 0 Å². The molecule has 3 atom stereocenters. The Kier molecular flexibility index (Phi) is 4.48. The zero-order valence-electron chi connectivity index (χ0n) is 9.73. The van der Waals surface area contributed by atoms with Crippen molar-refractivity contribution in [1.29, 1.82) is 0 Å². The van der Waals surface area contributed by atoms with Gasteiger partial charge in [-0.3, -0.25) is 0 Å². The van der Waals surface area contributed by atoms with Gasteiger partial charge >= 0.3 is 0 Å². The van der Waals surface area contributed by atoms with Crippen molar-refractivity contribution >= 4 is 0 Å². The number of aliphatic hydroxyl groups excluding tert-OH is 1. The summed E-state index contributed by atoms with van der Waals surface area (Å²) >= 11 is 0. The average molecular weight is 220 g/mol. The maximum Gasteiger partial charge on any atom is 0.184 e. The molecule has 0 aromatic carbocycles. The average Bonchev–Trinajstić information content (AvgIpc) is 2.59. The zero-order chi connectivity index (χ0) is 11.5. The van der Waals surface area contributed by atoms with Gasteiger partial charge in [0.15, 0.2) is 12.1 Å². The zero-order valence-corrected chi connectivity index (χ0v) is 9.73. The highest BCUT2D eigenvalue weighted by molar-refractivity contribution is 4.79. The first-order valence-corrected chi connectivity index (χ1v) is 5.04. The molecular weight excluding hydrogens is 200 g/mol. The highest BCUT2D eigenvalue weighted by atomic mass is 16.7. The van der Waals surface area contributed by atoms with Crippen LogP contribution in [0.25, 0.3) is 0 Å². The van der Waals surface area contributed by atoms with Crippen molar-refractivity contribution in [1.82, 2.24) is 0 Å². The minimum Gasteiger partial charge on any atom is -0.394 e. The number of hydrogen-bond donors (Lipinski definition) is 1. The van der Waals surface area contributed by atoms with Crippen LogP contribution in [0.15, 0.2) is 0 Å². The van der Waals surface area contributed by atoms with Crippen molar-refractivity contribution in [2.45, 2.75) is 44.6 Å². The summed E-state index contributed by atoms with van der Waals surface area (Å²) in [6.07, 6.45) is -0.242. The second-order valence-electron chi connectivity index (χ2n) is 4.04. The van der Waals surface area contributed by atoms with Gasteiger partial charge in [-0.25, -0.2) is 0 Å². The standard InChI is InChI=1S/C10H20O5/c1-10(2,13-4)15-8-5-7(6-11)14-9(8)12-3/h7-9,11H,5-6H2,1-4H3. The number of aliphatic hydroxyl groups is 1. The van der Waals surface area contributed by atoms with Gasteiger partial charge in [-0.05, 0) is 13.8 Å². The van der Waals surface area contributed by atoms with E-state index in [2.05, 4.69) is 0 Å². The van der Waals surface area contributed by atoms with Gasteiger partial charge in [0, 0.05) is 20.6 Å². The quantitative estimate of drug-likeness (QED) is 0.684. The summed E-state index contributed by atoms with van der Waals surface area (Å²) in [6.45, 7) is 3.63. The second-order valence-corrected chi connectivity index (χ2v) is 4.04. The third-order valence-corrected chi connectivity index (χ3v) is 2.49. The molecule has 0 aromatic rings. The smallest absolute Gasteiger partial charge is 0.184 e. The maximum absolute atomic E-state index is 8.99. The lowest BCUT2D eigenvalue weighted by Gasteiger charge is -2.29. The van der Waals surface area contributed by atoms with Gasteiger partial charge in [0.05, 0.1) is 12.7 Å². The Labute approximate surface area is 90.3 Å². The van der Waals surface area contributed by atoms with E-state index in [0.29, 0.717) is 6.42 Å². The van der Waals surface area contributed by atoms with E-state index in [0.717, 1.165) is 0 Å². The fourth-order valence-electron chi connectivity index (χ4n) is 1.54. The van der Waals surface area contributed by atoms with Crippen molar-refractivity contribution in [2.24, 2.45) is 0 Å². The first-order chi connectivity index (χ1) is 7.02. The molecule has 1 heterocycles. The summed E-state index contributed by atoms with van der Waals surface area (Å²) in [7, 11) is 3.14. The molecule has 1 fully saturated rings. The monoisotopic (exact) mass is 220 g/mol. The molecule has 0 saturated carbocycles. The molecule has 1 saturated heterocycles. The predicted octanol–water partition coefficient (Wildman–Crippen LogP) is 0.508. The summed E-state index contributed by atoms with van der Waals surface area (Å²) in [6, 6.07) is 0. The topological polar surface area (TPSA) is 57.2 Å². The van der Waals surface area contributed by atoms with Gasteiger partial charge in [0.2, 0.25) is 0 Å². The third-order valence-electron chi connectivity index (χ3n) is 2.49. The minimum absolute atomic E-state index is 0.0207. The van der Waals surface area contributed by atoms with Gasteiger partial charge in [0.1, 0.15) is 6.10 Å². The lowest BCUT2D eigenvalue weighted by atomic mass is 10.2. The van der Waals surface area contributed by atoms with Crippen LogP contribution in [0.5, 0.6) is 0 Å². The molecule has 1 aliphatic rings. The van der Waals surface area contributed by atoms with E-state index in [1.165, 1.54) is 0 Å². The van der Waals surface area contributed by atoms with E-state index in [1.54, 1.807) is 14.2 Å². The predicted molar refractivity (Wildman–Crippen MR) is 53.3 cm³/mol. The highest BCUT2D eigenvalue weighted by Crippen LogP contribution is 2.27. The molecule has 5 heteroatoms. The normalized spacial score (nSPS) is 32.2. The molecule has 1 N–H and O–H groups in total. The Morgan fingerprint density at radius 2 is 2.07 bits per heavy atom. The number of ether oxygens (including phenoxy) is 4. The summed E-state index contributed by atoms with van der Waals surface area (Å²) in [5.41, 5.74) is 0. The van der Waals surface area contributed by atoms with Crippen LogP contribution in [0, 0.1) is 0 Å². The van der Waals surface area contributed by atoms with Crippen LogP contribution >= 0.6 is 0 Å². The van der Waals surface area contributed by atoms with Crippen molar-refractivity contribution < 1.29 is 24.1 Å². The first kappa shape index (κ1) is 12.9. The fourth-order valence-corrected chi connectivity index (χ4v) is 1.54. The molecule has 5 nitrogen and oxygen atoms in total. The molecule has 1 aliphatic heterocycles. The SMILES string of the molecule is COC1OC(CO)CC1OC(C)(C)OC. The molecule has 90 valence electrons. The van der Waals surface area contributed by atoms with Crippen molar-refractivity contribution in [3.05, 3.63) is 0 Å². The summed E-state index contributed by atoms with van der Waals surface area (Å²) in [5.74, 6) is -0.671. The van der Waals surface area contributed by atoms with Gasteiger partial charge < -0.3 is 24.1 Å². The van der Waals surface area contributed by atoms with Crippen molar-refractivity contribution in [3.8, 4) is 0 Å². The lowest BCUT2D eigenvalue weighted by Crippen LogP contribution is -2.37. The lowest BCUT2D eigenvalue weighted by molar-refractivity contribution is -0.258. The van der Waals surface area contributed by atoms with E-state index < -0.39 is 12.1 Å². The van der Waals surface area contributed by atoms with Gasteiger partial charge in [0.25, 0.3) is 0 Å². The Morgan fingerprint density at radius 1 is 1.40 bits per heavy atom. The van der Waals surface area contributed by atoms with Crippen LogP contribution in [-0.2, 0) is 18.9 Å². The molecule has 0 spiro atoms. The Bertz CT molecular complexity index is 194. The highest BCUT2D eigenvalue weighted by Gasteiger charge is 2.39. The molecule has 0 bridgehead atoms. The Morgan fingerprint density at radius 3 is 2.53 bits per heavy atom. The second kappa shape index (κ2) is 5.23. The Hall–Kier alpha value is -0.200. The largest absolute Gasteiger partial charge is 0.394 e. The van der Waals surface area contributed by atoms with E-state index in [-0.39, 0.29) is 18.8 Å². The molecule has 3 unspecified atom stereocenters. The summed E-state index contributed by atoms with van der Waals surface area (Å²) < 4.78 is 21.4. The van der Waals surface area contributed by atoms with Gasteiger partial charge in [-0.15, -0.1) is 0 Å². The Balaban J connectivity index is 2.53. The van der Waals surface area contributed by atoms with Crippen LogP contribution in [0.2, 0.25) is 0 Å². The molecular formula is C10H20O5. The molecule has 15 heavy (non-hydrogen) atoms. The van der Waals surface area contributed by atoms with E-state index >= 15 is 0 Å². The number of methoxy groups -OCH3 is 2. The van der Waals surface area contributed by atoms with Crippen LogP contribution in [0.4, 0.5) is 0 Å². The maximum atomic E-state index is 8.99. The third kappa shape index (κ3) is 3.39. The molecule has 0 amide bonds. The van der Waals surface area contributed by atoms with Crippen LogP contribution < -0.4 is 0 Å². The molecule has 0 aliphatic carbocycles. The van der Waals surface area contributed by atoms with E-state index in [9.17, 15) is 0 Å². The summed E-state index contributed by atoms with van der Waals surface area (Å²) in [4.78, 5) is 0. The molecule has 0 aromatic heterocycles. The molecule has 0 radical (unpaired) electrons. The van der Waals surface area contributed by atoms with E-state index in [4.69, 9.17) is 24.1 Å². The van der Waals surface area contributed by atoms with Gasteiger partial charge in [-0.1, -0.05) is 0 Å². The fraction of sp³-hybridized carbons (Fsp3) is 1.00. The van der Waals surface area contributed by atoms with Crippen molar-refractivity contribution in [3.63, 3.8) is 0 Å². The van der Waals surface area contributed by atoms with E-state index in [1.807, 2.05) is 13.8 Å². The van der Waals surface area contributed by atoms with Crippen LogP contribution in [-0.4, -0.2) is 50.2 Å². The van der Waals surface area contributed by atoms with Crippen LogP contribution in [0.1, 0.15) is 20.3 Å². The first-order valence-electron chi connectivity index (χ1n) is 5.04. The number of hydrogen-bond acceptors (Lipinski definition) is 5. The molecule has 1 rings (SSSR count). The van der Waals surface area contributed by atoms with Crippen molar-refractivity contribution in [2.75, 3.05) is 20.8 Å². The van der Waals surface area contributed by atoms with Crippen LogP contribution in [0.3, 0.4) is 0 Å².